The number of carbonyl (C=O) groups excluding carboxylic acids is 2. The summed E-state index contributed by atoms with van der Waals surface area (Å²) in [5.41, 5.74) is 4.38. The van der Waals surface area contributed by atoms with Crippen LogP contribution in [0.5, 0.6) is 11.5 Å². The van der Waals surface area contributed by atoms with Gasteiger partial charge >= 0.3 is 0 Å². The summed E-state index contributed by atoms with van der Waals surface area (Å²) < 4.78 is 0. The second kappa shape index (κ2) is 8.25. The Hall–Kier alpha value is -3.10. The number of phenols is 2. The molecule has 0 radical (unpaired) electrons. The first-order valence-electron chi connectivity index (χ1n) is 6.09. The van der Waals surface area contributed by atoms with Crippen LogP contribution in [0.15, 0.2) is 48.5 Å². The lowest BCUT2D eigenvalue weighted by Crippen LogP contribution is -2.41. The van der Waals surface area contributed by atoms with E-state index in [1.165, 1.54) is 24.3 Å². The van der Waals surface area contributed by atoms with E-state index in [0.29, 0.717) is 0 Å². The van der Waals surface area contributed by atoms with Gasteiger partial charge in [0.2, 0.25) is 0 Å². The Morgan fingerprint density at radius 1 is 0.727 bits per heavy atom. The highest BCUT2D eigenvalue weighted by molar-refractivity contribution is 6.01. The Bertz CT molecular complexity index is 603. The van der Waals surface area contributed by atoms with E-state index in [0.717, 1.165) is 0 Å². The molecule has 0 fully saturated rings. The van der Waals surface area contributed by atoms with Crippen LogP contribution in [0.4, 0.5) is 0 Å². The quantitative estimate of drug-likeness (QED) is 0.339. The van der Waals surface area contributed by atoms with Crippen molar-refractivity contribution in [2.45, 2.75) is 0 Å². The van der Waals surface area contributed by atoms with Crippen molar-refractivity contribution >= 4 is 11.8 Å². The summed E-state index contributed by atoms with van der Waals surface area (Å²) in [5.74, 6) is 6.29. The molecule has 2 aromatic carbocycles. The number of hydrogen-bond acceptors (Lipinski definition) is 6. The molecule has 0 unspecified atom stereocenters. The molecule has 2 amide bonds. The highest BCUT2D eigenvalue weighted by Gasteiger charge is 2.13. The summed E-state index contributed by atoms with van der Waals surface area (Å²) in [6.45, 7) is 0. The minimum atomic E-state index is -0.660. The lowest BCUT2D eigenvalue weighted by Gasteiger charge is -2.09. The van der Waals surface area contributed by atoms with Crippen LogP contribution < -0.4 is 22.5 Å². The third kappa shape index (κ3) is 4.20. The van der Waals surface area contributed by atoms with Crippen LogP contribution in [0.1, 0.15) is 20.7 Å². The van der Waals surface area contributed by atoms with Gasteiger partial charge < -0.3 is 10.2 Å². The fourth-order valence-electron chi connectivity index (χ4n) is 1.58. The van der Waals surface area contributed by atoms with E-state index in [4.69, 9.17) is 0 Å². The highest BCUT2D eigenvalue weighted by atomic mass is 16.3. The number of para-hydroxylation sites is 2. The summed E-state index contributed by atoms with van der Waals surface area (Å²) in [7, 11) is 0. The molecule has 0 heterocycles. The van der Waals surface area contributed by atoms with Crippen molar-refractivity contribution in [2.24, 2.45) is 11.7 Å². The lowest BCUT2D eigenvalue weighted by atomic mass is 10.2. The molecule has 8 heteroatoms. The number of hydrogen-bond donors (Lipinski definition) is 6. The number of nitrogens with one attached hydrogen (secondary N) is 2. The second-order valence-corrected chi connectivity index (χ2v) is 3.94. The van der Waals surface area contributed by atoms with Gasteiger partial charge in [-0.3, -0.25) is 32.1 Å². The number of hydrazine groups is 2. The zero-order valence-electron chi connectivity index (χ0n) is 11.5. The number of benzene rings is 2. The van der Waals surface area contributed by atoms with E-state index in [2.05, 4.69) is 22.5 Å². The Labute approximate surface area is 126 Å². The van der Waals surface area contributed by atoms with E-state index < -0.39 is 11.8 Å². The Morgan fingerprint density at radius 3 is 1.36 bits per heavy atom. The molecular formula is C14H16N4O4. The van der Waals surface area contributed by atoms with E-state index in [-0.39, 0.29) is 22.6 Å². The van der Waals surface area contributed by atoms with Gasteiger partial charge in [0.1, 0.15) is 11.5 Å². The zero-order chi connectivity index (χ0) is 16.5. The smallest absolute Gasteiger partial charge is 0.273 e. The third-order valence-corrected chi connectivity index (χ3v) is 2.59. The second-order valence-electron chi connectivity index (χ2n) is 3.94. The molecule has 2 aromatic rings. The predicted molar refractivity (Wildman–Crippen MR) is 79.5 cm³/mol. The van der Waals surface area contributed by atoms with Crippen LogP contribution in [0.2, 0.25) is 0 Å². The maximum absolute atomic E-state index is 11.7. The maximum atomic E-state index is 11.7. The zero-order valence-corrected chi connectivity index (χ0v) is 11.5. The Kier molecular flexibility index (Phi) is 6.35. The number of carbonyl (C=O) groups is 2. The highest BCUT2D eigenvalue weighted by Crippen LogP contribution is 2.16. The monoisotopic (exact) mass is 304 g/mol. The standard InChI is InChI=1S/C14H12N2O4.H4N2/c17-11-7-3-1-5-9(11)13(19)15-16-14(20)10-6-2-4-8-12(10)18;1-2/h1-8,17-18H,(H,15,19)(H,16,20);1-2H2. The van der Waals surface area contributed by atoms with Crippen molar-refractivity contribution in [3.8, 4) is 11.5 Å². The average molecular weight is 304 g/mol. The first-order valence-corrected chi connectivity index (χ1v) is 6.09. The fraction of sp³-hybridized carbons (Fsp3) is 0. The van der Waals surface area contributed by atoms with Gasteiger partial charge in [-0.1, -0.05) is 24.3 Å². The molecule has 0 spiro atoms. The van der Waals surface area contributed by atoms with Crippen LogP contribution in [0.25, 0.3) is 0 Å². The minimum Gasteiger partial charge on any atom is -0.507 e. The van der Waals surface area contributed by atoms with Crippen molar-refractivity contribution in [2.75, 3.05) is 0 Å². The summed E-state index contributed by atoms with van der Waals surface area (Å²) in [5, 5.41) is 19.0. The third-order valence-electron chi connectivity index (χ3n) is 2.59. The van der Waals surface area contributed by atoms with Crippen molar-refractivity contribution in [3.63, 3.8) is 0 Å². The Morgan fingerprint density at radius 2 is 1.05 bits per heavy atom. The molecular weight excluding hydrogens is 288 g/mol. The van der Waals surface area contributed by atoms with Crippen molar-refractivity contribution in [1.82, 2.24) is 10.9 Å². The van der Waals surface area contributed by atoms with E-state index in [9.17, 15) is 19.8 Å². The van der Waals surface area contributed by atoms with Gasteiger partial charge in [-0.05, 0) is 24.3 Å². The summed E-state index contributed by atoms with van der Waals surface area (Å²) >= 11 is 0. The molecule has 8 nitrogen and oxygen atoms in total. The Balaban J connectivity index is 0.00000116. The normalized spacial score (nSPS) is 9.18. The summed E-state index contributed by atoms with van der Waals surface area (Å²) in [6.07, 6.45) is 0. The molecule has 0 aromatic heterocycles. The van der Waals surface area contributed by atoms with Crippen LogP contribution in [-0.4, -0.2) is 22.0 Å². The van der Waals surface area contributed by atoms with Gasteiger partial charge in [-0.15, -0.1) is 0 Å². The molecule has 8 N–H and O–H groups in total. The van der Waals surface area contributed by atoms with Gasteiger partial charge in [0.15, 0.2) is 0 Å². The van der Waals surface area contributed by atoms with Crippen LogP contribution in [0, 0.1) is 0 Å². The molecule has 22 heavy (non-hydrogen) atoms. The first kappa shape index (κ1) is 17.0. The fourth-order valence-corrected chi connectivity index (χ4v) is 1.58. The number of rotatable bonds is 2. The van der Waals surface area contributed by atoms with Crippen LogP contribution >= 0.6 is 0 Å². The van der Waals surface area contributed by atoms with Gasteiger partial charge in [0.05, 0.1) is 11.1 Å². The molecule has 0 aliphatic carbocycles. The number of aromatic hydroxyl groups is 2. The van der Waals surface area contributed by atoms with Gasteiger partial charge in [-0.2, -0.15) is 0 Å². The first-order chi connectivity index (χ1) is 10.6. The molecule has 0 saturated heterocycles. The maximum Gasteiger partial charge on any atom is 0.273 e. The average Bonchev–Trinajstić information content (AvgIpc) is 2.55. The van der Waals surface area contributed by atoms with Crippen molar-refractivity contribution in [1.29, 1.82) is 0 Å². The summed E-state index contributed by atoms with van der Waals surface area (Å²) in [6, 6.07) is 11.9. The van der Waals surface area contributed by atoms with Crippen LogP contribution in [0.3, 0.4) is 0 Å². The molecule has 116 valence electrons. The number of nitrogens with two attached hydrogens (primary N) is 2. The van der Waals surface area contributed by atoms with E-state index in [1.54, 1.807) is 24.3 Å². The predicted octanol–water partition coefficient (Wildman–Crippen LogP) is -0.00860. The molecule has 0 bridgehead atoms. The molecule has 0 atom stereocenters. The SMILES string of the molecule is NN.O=C(NNC(=O)c1ccccc1O)c1ccccc1O. The summed E-state index contributed by atoms with van der Waals surface area (Å²) in [4.78, 5) is 23.5. The number of phenolic OH excluding ortho intramolecular Hbond substituents is 2. The van der Waals surface area contributed by atoms with Crippen LogP contribution in [-0.2, 0) is 0 Å². The van der Waals surface area contributed by atoms with Crippen molar-refractivity contribution in [3.05, 3.63) is 59.7 Å². The topological polar surface area (TPSA) is 151 Å². The molecule has 0 saturated carbocycles. The number of amides is 2. The van der Waals surface area contributed by atoms with Crippen molar-refractivity contribution < 1.29 is 19.8 Å². The molecule has 2 rings (SSSR count). The minimum absolute atomic E-state index is 0.0325. The van der Waals surface area contributed by atoms with Gasteiger partial charge in [0, 0.05) is 0 Å². The van der Waals surface area contributed by atoms with E-state index in [1.807, 2.05) is 0 Å². The van der Waals surface area contributed by atoms with Gasteiger partial charge in [0.25, 0.3) is 11.8 Å². The van der Waals surface area contributed by atoms with E-state index >= 15 is 0 Å². The molecule has 0 aliphatic rings. The largest absolute Gasteiger partial charge is 0.507 e. The molecule has 0 aliphatic heterocycles. The van der Waals surface area contributed by atoms with Gasteiger partial charge in [-0.25, -0.2) is 0 Å². The lowest BCUT2D eigenvalue weighted by molar-refractivity contribution is 0.0843.